The summed E-state index contributed by atoms with van der Waals surface area (Å²) in [6.45, 7) is 7.23. The molecule has 0 aliphatic heterocycles. The lowest BCUT2D eigenvalue weighted by atomic mass is 10.0. The number of hydrogen-bond acceptors (Lipinski definition) is 4. The van der Waals surface area contributed by atoms with E-state index in [-0.39, 0.29) is 22.9 Å². The highest BCUT2D eigenvalue weighted by Crippen LogP contribution is 2.20. The van der Waals surface area contributed by atoms with Gasteiger partial charge in [0.1, 0.15) is 0 Å². The fraction of sp³-hybridized carbons (Fsp3) is 0.462. The van der Waals surface area contributed by atoms with Gasteiger partial charge in [-0.3, -0.25) is 4.79 Å². The minimum atomic E-state index is -3.86. The number of primary sulfonamides is 1. The van der Waals surface area contributed by atoms with Crippen molar-refractivity contribution in [2.24, 2.45) is 10.9 Å². The van der Waals surface area contributed by atoms with E-state index in [9.17, 15) is 13.2 Å². The van der Waals surface area contributed by atoms with Gasteiger partial charge in [0, 0.05) is 17.6 Å². The summed E-state index contributed by atoms with van der Waals surface area (Å²) in [5, 5.41) is 7.82. The molecular weight excluding hydrogens is 278 g/mol. The first-order chi connectivity index (χ1) is 8.92. The van der Waals surface area contributed by atoms with E-state index in [1.807, 2.05) is 0 Å². The van der Waals surface area contributed by atoms with Crippen LogP contribution in [0.15, 0.2) is 17.0 Å². The molecule has 5 N–H and O–H groups in total. The predicted octanol–water partition coefficient (Wildman–Crippen LogP) is 0.418. The Morgan fingerprint density at radius 3 is 2.30 bits per heavy atom. The Bertz CT molecular complexity index is 631. The summed E-state index contributed by atoms with van der Waals surface area (Å²) in [5.41, 5.74) is 6.73. The zero-order valence-electron chi connectivity index (χ0n) is 12.1. The number of carbonyl (C=O) groups excluding carboxylic acids is 1. The van der Waals surface area contributed by atoms with E-state index in [0.717, 1.165) is 0 Å². The summed E-state index contributed by atoms with van der Waals surface area (Å²) in [4.78, 5) is 12.0. The molecule has 0 aliphatic carbocycles. The van der Waals surface area contributed by atoms with Gasteiger partial charge < -0.3 is 11.1 Å². The van der Waals surface area contributed by atoms with Crippen LogP contribution in [0.3, 0.4) is 0 Å². The fourth-order valence-electron chi connectivity index (χ4n) is 1.66. The number of nitrogens with one attached hydrogen (secondary N) is 1. The molecule has 0 atom stereocenters. The van der Waals surface area contributed by atoms with E-state index in [2.05, 4.69) is 5.32 Å². The molecule has 0 bridgehead atoms. The van der Waals surface area contributed by atoms with Crippen molar-refractivity contribution >= 4 is 15.9 Å². The summed E-state index contributed by atoms with van der Waals surface area (Å²) in [6, 6.07) is 2.92. The number of sulfonamides is 1. The first-order valence-corrected chi connectivity index (χ1v) is 7.67. The second kappa shape index (κ2) is 5.51. The Morgan fingerprint density at radius 1 is 1.30 bits per heavy atom. The van der Waals surface area contributed by atoms with E-state index in [4.69, 9.17) is 10.9 Å². The average Bonchev–Trinajstić information content (AvgIpc) is 2.26. The Morgan fingerprint density at radius 2 is 1.85 bits per heavy atom. The molecule has 0 heterocycles. The second-order valence-corrected chi connectivity index (χ2v) is 7.16. The van der Waals surface area contributed by atoms with Crippen LogP contribution in [-0.2, 0) is 10.0 Å². The van der Waals surface area contributed by atoms with Crippen molar-refractivity contribution in [3.8, 4) is 0 Å². The average molecular weight is 299 g/mol. The lowest BCUT2D eigenvalue weighted by Crippen LogP contribution is -2.45. The van der Waals surface area contributed by atoms with E-state index in [1.165, 1.54) is 6.07 Å². The highest BCUT2D eigenvalue weighted by atomic mass is 32.2. The molecule has 1 rings (SSSR count). The number of hydrogen-bond donors (Lipinski definition) is 3. The van der Waals surface area contributed by atoms with Gasteiger partial charge in [-0.2, -0.15) is 0 Å². The normalized spacial score (nSPS) is 12.3. The van der Waals surface area contributed by atoms with Crippen LogP contribution >= 0.6 is 0 Å². The quantitative estimate of drug-likeness (QED) is 0.747. The largest absolute Gasteiger partial charge is 0.350 e. The van der Waals surface area contributed by atoms with Crippen LogP contribution in [0.5, 0.6) is 0 Å². The van der Waals surface area contributed by atoms with Crippen molar-refractivity contribution in [2.45, 2.75) is 38.1 Å². The van der Waals surface area contributed by atoms with Gasteiger partial charge >= 0.3 is 0 Å². The highest BCUT2D eigenvalue weighted by Gasteiger charge is 2.18. The minimum Gasteiger partial charge on any atom is -0.350 e. The number of carbonyl (C=O) groups is 1. The van der Waals surface area contributed by atoms with Gasteiger partial charge in [-0.25, -0.2) is 13.6 Å². The monoisotopic (exact) mass is 299 g/mol. The topological polar surface area (TPSA) is 115 Å². The molecule has 0 unspecified atom stereocenters. The third-order valence-corrected chi connectivity index (χ3v) is 3.93. The van der Waals surface area contributed by atoms with Crippen molar-refractivity contribution < 1.29 is 13.2 Å². The number of benzene rings is 1. The predicted molar refractivity (Wildman–Crippen MR) is 77.9 cm³/mol. The lowest BCUT2D eigenvalue weighted by molar-refractivity contribution is 0.0945. The van der Waals surface area contributed by atoms with Gasteiger partial charge in [0.2, 0.25) is 10.0 Å². The summed E-state index contributed by atoms with van der Waals surface area (Å²) in [5.74, 6) is -0.378. The third kappa shape index (κ3) is 4.29. The minimum absolute atomic E-state index is 0.0327. The molecule has 0 aliphatic rings. The molecule has 6 nitrogen and oxygen atoms in total. The van der Waals surface area contributed by atoms with Gasteiger partial charge in [-0.05, 0) is 51.0 Å². The molecule has 1 aromatic rings. The Kier molecular flexibility index (Phi) is 4.58. The van der Waals surface area contributed by atoms with Crippen LogP contribution < -0.4 is 16.2 Å². The summed E-state index contributed by atoms with van der Waals surface area (Å²) in [6.07, 6.45) is 0. The molecule has 0 fully saturated rings. The van der Waals surface area contributed by atoms with Gasteiger partial charge in [0.05, 0.1) is 4.90 Å². The van der Waals surface area contributed by atoms with Crippen LogP contribution in [0.2, 0.25) is 0 Å². The Labute approximate surface area is 119 Å². The fourth-order valence-corrected chi connectivity index (χ4v) is 2.54. The summed E-state index contributed by atoms with van der Waals surface area (Å²) in [7, 11) is -3.86. The van der Waals surface area contributed by atoms with Gasteiger partial charge in [-0.1, -0.05) is 0 Å². The van der Waals surface area contributed by atoms with Crippen molar-refractivity contribution in [2.75, 3.05) is 6.54 Å². The van der Waals surface area contributed by atoms with Gasteiger partial charge in [0.25, 0.3) is 5.91 Å². The van der Waals surface area contributed by atoms with E-state index >= 15 is 0 Å². The summed E-state index contributed by atoms with van der Waals surface area (Å²) < 4.78 is 23.0. The van der Waals surface area contributed by atoms with Crippen LogP contribution in [0.25, 0.3) is 0 Å². The summed E-state index contributed by atoms with van der Waals surface area (Å²) >= 11 is 0. The van der Waals surface area contributed by atoms with E-state index < -0.39 is 15.6 Å². The smallest absolute Gasteiger partial charge is 0.251 e. The molecule has 20 heavy (non-hydrogen) atoms. The molecule has 1 amide bonds. The van der Waals surface area contributed by atoms with Gasteiger partial charge in [-0.15, -0.1) is 0 Å². The van der Waals surface area contributed by atoms with Crippen LogP contribution in [0, 0.1) is 13.8 Å². The molecule has 1 aromatic carbocycles. The first kappa shape index (κ1) is 16.6. The van der Waals surface area contributed by atoms with Crippen LogP contribution in [0.4, 0.5) is 0 Å². The van der Waals surface area contributed by atoms with Crippen molar-refractivity contribution in [1.82, 2.24) is 5.32 Å². The SMILES string of the molecule is Cc1cc(C(=O)NCC(C)(C)N)cc(S(N)(=O)=O)c1C. The zero-order valence-corrected chi connectivity index (χ0v) is 13.0. The first-order valence-electron chi connectivity index (χ1n) is 6.13. The van der Waals surface area contributed by atoms with Gasteiger partial charge in [0.15, 0.2) is 0 Å². The molecule has 0 aromatic heterocycles. The third-order valence-electron chi connectivity index (χ3n) is 2.89. The van der Waals surface area contributed by atoms with Crippen molar-refractivity contribution in [1.29, 1.82) is 0 Å². The maximum Gasteiger partial charge on any atom is 0.251 e. The zero-order chi connectivity index (χ0) is 15.7. The standard InChI is InChI=1S/C13H21N3O3S/c1-8-5-10(12(17)16-7-13(3,4)14)6-11(9(8)2)20(15,18)19/h5-6H,7,14H2,1-4H3,(H,16,17)(H2,15,18,19). The molecule has 112 valence electrons. The molecule has 7 heteroatoms. The van der Waals surface area contributed by atoms with Crippen molar-refractivity contribution in [3.05, 3.63) is 28.8 Å². The lowest BCUT2D eigenvalue weighted by Gasteiger charge is -2.19. The maximum atomic E-state index is 12.0. The molecular formula is C13H21N3O3S. The van der Waals surface area contributed by atoms with Crippen LogP contribution in [0.1, 0.15) is 35.3 Å². The molecule has 0 saturated carbocycles. The molecule has 0 spiro atoms. The van der Waals surface area contributed by atoms with Crippen LogP contribution in [-0.4, -0.2) is 26.4 Å². The number of aryl methyl sites for hydroxylation is 1. The second-order valence-electron chi connectivity index (χ2n) is 5.63. The van der Waals surface area contributed by atoms with Crippen molar-refractivity contribution in [3.63, 3.8) is 0 Å². The molecule has 0 radical (unpaired) electrons. The number of nitrogens with two attached hydrogens (primary N) is 2. The highest BCUT2D eigenvalue weighted by molar-refractivity contribution is 7.89. The van der Waals surface area contributed by atoms with E-state index in [0.29, 0.717) is 11.1 Å². The number of amides is 1. The van der Waals surface area contributed by atoms with E-state index in [1.54, 1.807) is 33.8 Å². The molecule has 0 saturated heterocycles. The Balaban J connectivity index is 3.15. The number of rotatable bonds is 4. The Hall–Kier alpha value is -1.44. The maximum absolute atomic E-state index is 12.0.